The second-order valence-corrected chi connectivity index (χ2v) is 8.84. The van der Waals surface area contributed by atoms with Gasteiger partial charge in [-0.25, -0.2) is 13.1 Å². The molecule has 2 rings (SSSR count). The Morgan fingerprint density at radius 2 is 1.67 bits per heavy atom. The first kappa shape index (κ1) is 18.9. The molecule has 1 N–H and O–H groups in total. The summed E-state index contributed by atoms with van der Waals surface area (Å²) in [5.74, 6) is 0.693. The highest BCUT2D eigenvalue weighted by Gasteiger charge is 2.25. The Morgan fingerprint density at radius 1 is 1.12 bits per heavy atom. The Morgan fingerprint density at radius 3 is 2.17 bits per heavy atom. The molecule has 0 spiro atoms. The Labute approximate surface area is 145 Å². The van der Waals surface area contributed by atoms with Crippen molar-refractivity contribution in [3.8, 4) is 0 Å². The lowest BCUT2D eigenvalue weighted by molar-refractivity contribution is 0.0679. The molecule has 134 valence electrons. The summed E-state index contributed by atoms with van der Waals surface area (Å²) >= 11 is 0. The van der Waals surface area contributed by atoms with Crippen molar-refractivity contribution in [2.45, 2.75) is 63.4 Å². The van der Waals surface area contributed by atoms with E-state index in [4.69, 9.17) is 0 Å². The lowest BCUT2D eigenvalue weighted by atomic mass is 9.86. The van der Waals surface area contributed by atoms with Crippen molar-refractivity contribution < 1.29 is 13.2 Å². The van der Waals surface area contributed by atoms with E-state index in [-0.39, 0.29) is 22.9 Å². The summed E-state index contributed by atoms with van der Waals surface area (Å²) < 4.78 is 26.8. The number of amides is 1. The summed E-state index contributed by atoms with van der Waals surface area (Å²) in [6.07, 6.45) is 4.38. The number of benzene rings is 1. The third-order valence-electron chi connectivity index (χ3n) is 4.66. The molecule has 0 radical (unpaired) electrons. The molecule has 6 heteroatoms. The minimum Gasteiger partial charge on any atom is -0.339 e. The molecule has 0 bridgehead atoms. The van der Waals surface area contributed by atoms with Crippen LogP contribution in [0.15, 0.2) is 29.2 Å². The summed E-state index contributed by atoms with van der Waals surface area (Å²) in [4.78, 5) is 14.6. The maximum absolute atomic E-state index is 12.6. The average molecular weight is 353 g/mol. The van der Waals surface area contributed by atoms with Crippen molar-refractivity contribution >= 4 is 15.9 Å². The number of nitrogens with one attached hydrogen (secondary N) is 1. The van der Waals surface area contributed by atoms with E-state index in [0.29, 0.717) is 5.56 Å². The van der Waals surface area contributed by atoms with Crippen LogP contribution in [0.1, 0.15) is 56.8 Å². The lowest BCUT2D eigenvalue weighted by Gasteiger charge is -2.33. The van der Waals surface area contributed by atoms with Crippen molar-refractivity contribution in [1.29, 1.82) is 0 Å². The predicted molar refractivity (Wildman–Crippen MR) is 95.4 cm³/mol. The van der Waals surface area contributed by atoms with Crippen LogP contribution < -0.4 is 4.72 Å². The van der Waals surface area contributed by atoms with Gasteiger partial charge in [-0.15, -0.1) is 0 Å². The first-order valence-corrected chi connectivity index (χ1v) is 10.1. The van der Waals surface area contributed by atoms with Gasteiger partial charge in [0.25, 0.3) is 5.91 Å². The molecule has 1 aromatic carbocycles. The van der Waals surface area contributed by atoms with Gasteiger partial charge in [0.2, 0.25) is 10.0 Å². The molecule has 1 fully saturated rings. The molecule has 0 unspecified atom stereocenters. The number of hydrogen-bond acceptors (Lipinski definition) is 3. The monoisotopic (exact) mass is 352 g/mol. The van der Waals surface area contributed by atoms with Gasteiger partial charge in [-0.1, -0.05) is 6.92 Å². The van der Waals surface area contributed by atoms with Gasteiger partial charge < -0.3 is 4.90 Å². The summed E-state index contributed by atoms with van der Waals surface area (Å²) in [5.41, 5.74) is 0.527. The maximum Gasteiger partial charge on any atom is 0.253 e. The third kappa shape index (κ3) is 4.57. The predicted octanol–water partition coefficient (Wildman–Crippen LogP) is 3.02. The first-order valence-electron chi connectivity index (χ1n) is 8.60. The van der Waals surface area contributed by atoms with Crippen molar-refractivity contribution in [2.24, 2.45) is 5.92 Å². The van der Waals surface area contributed by atoms with Crippen LogP contribution >= 0.6 is 0 Å². The molecule has 0 saturated heterocycles. The zero-order valence-corrected chi connectivity index (χ0v) is 15.8. The maximum atomic E-state index is 12.6. The summed E-state index contributed by atoms with van der Waals surface area (Å²) in [5, 5.41) is 0. The average Bonchev–Trinajstić information content (AvgIpc) is 2.53. The summed E-state index contributed by atoms with van der Waals surface area (Å²) in [6.45, 7) is 5.80. The van der Waals surface area contributed by atoms with Crippen LogP contribution in [-0.2, 0) is 10.0 Å². The number of sulfonamides is 1. The Bertz CT molecular complexity index is 660. The quantitative estimate of drug-likeness (QED) is 0.886. The normalized spacial score (nSPS) is 21.7. The fraction of sp³-hybridized carbons (Fsp3) is 0.611. The van der Waals surface area contributed by atoms with Crippen LogP contribution in [0.5, 0.6) is 0 Å². The van der Waals surface area contributed by atoms with E-state index >= 15 is 0 Å². The van der Waals surface area contributed by atoms with Crippen molar-refractivity contribution in [1.82, 2.24) is 9.62 Å². The Kier molecular flexibility index (Phi) is 6.04. The molecule has 0 heterocycles. The highest BCUT2D eigenvalue weighted by atomic mass is 32.2. The smallest absolute Gasteiger partial charge is 0.253 e. The minimum absolute atomic E-state index is 0.0460. The van der Waals surface area contributed by atoms with Crippen LogP contribution in [0.2, 0.25) is 0 Å². The number of carbonyl (C=O) groups excluding carboxylic acids is 1. The van der Waals surface area contributed by atoms with Crippen LogP contribution in [-0.4, -0.2) is 38.4 Å². The van der Waals surface area contributed by atoms with E-state index in [2.05, 4.69) is 11.6 Å². The van der Waals surface area contributed by atoms with Gasteiger partial charge in [-0.3, -0.25) is 4.79 Å². The second-order valence-electron chi connectivity index (χ2n) is 7.13. The number of rotatable bonds is 5. The van der Waals surface area contributed by atoms with Gasteiger partial charge >= 0.3 is 0 Å². The number of nitrogens with zero attached hydrogens (tertiary/aromatic N) is 1. The zero-order chi connectivity index (χ0) is 17.9. The SMILES string of the molecule is CC1CCC(N(C)C(=O)c2ccc(S(=O)(=O)NC(C)C)cc2)CC1. The molecule has 0 aliphatic heterocycles. The molecule has 1 aliphatic carbocycles. The van der Waals surface area contributed by atoms with Crippen LogP contribution in [0.25, 0.3) is 0 Å². The second kappa shape index (κ2) is 7.66. The van der Waals surface area contributed by atoms with E-state index < -0.39 is 10.0 Å². The van der Waals surface area contributed by atoms with Crippen molar-refractivity contribution in [3.63, 3.8) is 0 Å². The molecular weight excluding hydrogens is 324 g/mol. The van der Waals surface area contributed by atoms with E-state index in [1.165, 1.54) is 12.1 Å². The fourth-order valence-corrected chi connectivity index (χ4v) is 4.41. The molecule has 1 amide bonds. The topological polar surface area (TPSA) is 66.5 Å². The first-order chi connectivity index (χ1) is 11.2. The van der Waals surface area contributed by atoms with Gasteiger partial charge in [0, 0.05) is 24.7 Å². The van der Waals surface area contributed by atoms with Gasteiger partial charge in [0.15, 0.2) is 0 Å². The van der Waals surface area contributed by atoms with Crippen LogP contribution in [0.3, 0.4) is 0 Å². The van der Waals surface area contributed by atoms with Gasteiger partial charge in [-0.05, 0) is 69.7 Å². The van der Waals surface area contributed by atoms with Crippen molar-refractivity contribution in [2.75, 3.05) is 7.05 Å². The highest BCUT2D eigenvalue weighted by Crippen LogP contribution is 2.27. The largest absolute Gasteiger partial charge is 0.339 e. The van der Waals surface area contributed by atoms with E-state index in [1.807, 2.05) is 11.9 Å². The molecule has 1 aliphatic rings. The molecule has 0 atom stereocenters. The molecular formula is C18H28N2O3S. The molecule has 24 heavy (non-hydrogen) atoms. The minimum atomic E-state index is -3.52. The summed E-state index contributed by atoms with van der Waals surface area (Å²) in [7, 11) is -1.68. The zero-order valence-electron chi connectivity index (χ0n) is 15.0. The summed E-state index contributed by atoms with van der Waals surface area (Å²) in [6, 6.07) is 6.29. The van der Waals surface area contributed by atoms with Crippen LogP contribution in [0, 0.1) is 5.92 Å². The highest BCUT2D eigenvalue weighted by molar-refractivity contribution is 7.89. The Balaban J connectivity index is 2.08. The van der Waals surface area contributed by atoms with E-state index in [1.54, 1.807) is 26.0 Å². The molecule has 1 aromatic rings. The van der Waals surface area contributed by atoms with Gasteiger partial charge in [-0.2, -0.15) is 0 Å². The van der Waals surface area contributed by atoms with Gasteiger partial charge in [0.1, 0.15) is 0 Å². The van der Waals surface area contributed by atoms with Crippen molar-refractivity contribution in [3.05, 3.63) is 29.8 Å². The van der Waals surface area contributed by atoms with E-state index in [9.17, 15) is 13.2 Å². The molecule has 5 nitrogen and oxygen atoms in total. The number of hydrogen-bond donors (Lipinski definition) is 1. The standard InChI is InChI=1S/C18H28N2O3S/c1-13(2)19-24(22,23)17-11-7-15(8-12-17)18(21)20(4)16-9-5-14(3)6-10-16/h7-8,11-14,16,19H,5-6,9-10H2,1-4H3. The van der Waals surface area contributed by atoms with E-state index in [0.717, 1.165) is 31.6 Å². The number of carbonyl (C=O) groups is 1. The molecule has 0 aromatic heterocycles. The lowest BCUT2D eigenvalue weighted by Crippen LogP contribution is -2.39. The Hall–Kier alpha value is -1.40. The third-order valence-corrected chi connectivity index (χ3v) is 6.33. The fourth-order valence-electron chi connectivity index (χ4n) is 3.15. The molecule has 1 saturated carbocycles. The van der Waals surface area contributed by atoms with Crippen LogP contribution in [0.4, 0.5) is 0 Å². The van der Waals surface area contributed by atoms with Gasteiger partial charge in [0.05, 0.1) is 4.90 Å².